The molecule has 1 aromatic rings. The highest BCUT2D eigenvalue weighted by Gasteiger charge is 2.11. The van der Waals surface area contributed by atoms with E-state index in [0.29, 0.717) is 12.4 Å². The van der Waals surface area contributed by atoms with Gasteiger partial charge in [-0.3, -0.25) is 4.79 Å². The maximum absolute atomic E-state index is 11.6. The number of aromatic nitrogens is 1. The zero-order valence-corrected chi connectivity index (χ0v) is 12.1. The third-order valence-corrected chi connectivity index (χ3v) is 3.89. The lowest BCUT2D eigenvalue weighted by atomic mass is 10.3. The van der Waals surface area contributed by atoms with Gasteiger partial charge in [-0.05, 0) is 6.92 Å². The summed E-state index contributed by atoms with van der Waals surface area (Å²) < 4.78 is 4.88. The van der Waals surface area contributed by atoms with Gasteiger partial charge in [0.2, 0.25) is 5.91 Å². The monoisotopic (exact) mass is 290 g/mol. The maximum atomic E-state index is 11.6. The predicted molar refractivity (Wildman–Crippen MR) is 73.9 cm³/mol. The van der Waals surface area contributed by atoms with Crippen molar-refractivity contribution in [3.8, 4) is 0 Å². The van der Waals surface area contributed by atoms with Gasteiger partial charge in [0.1, 0.15) is 0 Å². The Labute approximate surface area is 115 Å². The second kappa shape index (κ2) is 8.47. The molecule has 0 saturated carbocycles. The Balaban J connectivity index is 2.20. The minimum Gasteiger partial charge on any atom is -0.394 e. The van der Waals surface area contributed by atoms with Crippen molar-refractivity contribution in [2.45, 2.75) is 18.7 Å². The number of hydrogen-bond acceptors (Lipinski definition) is 6. The second-order valence-corrected chi connectivity index (χ2v) is 5.80. The number of carbonyl (C=O) groups excluding carboxylic acids is 1. The summed E-state index contributed by atoms with van der Waals surface area (Å²) in [5, 5.41) is 14.7. The number of thiazole rings is 1. The zero-order valence-electron chi connectivity index (χ0n) is 10.5. The Bertz CT molecular complexity index is 371. The Hall–Kier alpha value is -0.630. The zero-order chi connectivity index (χ0) is 13.4. The molecule has 1 unspecified atom stereocenters. The van der Waals surface area contributed by atoms with Crippen LogP contribution in [-0.4, -0.2) is 48.1 Å². The van der Waals surface area contributed by atoms with E-state index < -0.39 is 0 Å². The number of amides is 1. The third-order valence-electron chi connectivity index (χ3n) is 2.10. The van der Waals surface area contributed by atoms with Crippen LogP contribution in [0.3, 0.4) is 0 Å². The van der Waals surface area contributed by atoms with Gasteiger partial charge in [-0.15, -0.1) is 23.1 Å². The first-order valence-corrected chi connectivity index (χ1v) is 7.57. The maximum Gasteiger partial charge on any atom is 0.230 e. The highest BCUT2D eigenvalue weighted by Crippen LogP contribution is 2.14. The van der Waals surface area contributed by atoms with Crippen molar-refractivity contribution < 1.29 is 14.6 Å². The van der Waals surface area contributed by atoms with Gasteiger partial charge < -0.3 is 15.2 Å². The largest absolute Gasteiger partial charge is 0.394 e. The molecule has 0 bridgehead atoms. The van der Waals surface area contributed by atoms with Crippen molar-refractivity contribution in [1.29, 1.82) is 0 Å². The molecule has 18 heavy (non-hydrogen) atoms. The number of ether oxygens (including phenoxy) is 1. The minimum absolute atomic E-state index is 0.0944. The van der Waals surface area contributed by atoms with Crippen molar-refractivity contribution in [3.05, 3.63) is 16.1 Å². The van der Waals surface area contributed by atoms with Crippen LogP contribution in [0.15, 0.2) is 5.38 Å². The molecule has 0 aliphatic rings. The fourth-order valence-corrected chi connectivity index (χ4v) is 2.78. The van der Waals surface area contributed by atoms with Gasteiger partial charge in [0.25, 0.3) is 0 Å². The highest BCUT2D eigenvalue weighted by atomic mass is 32.2. The first-order chi connectivity index (χ1) is 8.65. The number of aliphatic hydroxyl groups is 1. The number of nitrogens with zero attached hydrogens (tertiary/aromatic N) is 1. The first kappa shape index (κ1) is 15.4. The Kier molecular flexibility index (Phi) is 7.26. The Morgan fingerprint density at radius 3 is 3.06 bits per heavy atom. The number of methoxy groups -OCH3 is 1. The van der Waals surface area contributed by atoms with Gasteiger partial charge in [0.15, 0.2) is 0 Å². The van der Waals surface area contributed by atoms with Crippen LogP contribution in [0.2, 0.25) is 0 Å². The molecular weight excluding hydrogens is 272 g/mol. The van der Waals surface area contributed by atoms with Crippen molar-refractivity contribution in [1.82, 2.24) is 10.3 Å². The van der Waals surface area contributed by atoms with E-state index in [1.807, 2.05) is 12.3 Å². The summed E-state index contributed by atoms with van der Waals surface area (Å²) in [7, 11) is 1.54. The van der Waals surface area contributed by atoms with Crippen LogP contribution < -0.4 is 5.32 Å². The summed E-state index contributed by atoms with van der Waals surface area (Å²) >= 11 is 3.12. The van der Waals surface area contributed by atoms with Crippen LogP contribution in [0.4, 0.5) is 0 Å². The topological polar surface area (TPSA) is 71.5 Å². The molecular formula is C11H18N2O3S2. The normalized spacial score (nSPS) is 12.4. The number of rotatable bonds is 8. The van der Waals surface area contributed by atoms with Crippen molar-refractivity contribution in [2.24, 2.45) is 0 Å². The quantitative estimate of drug-likeness (QED) is 0.741. The number of aryl methyl sites for hydroxylation is 1. The van der Waals surface area contributed by atoms with Gasteiger partial charge in [0.05, 0.1) is 35.7 Å². The number of thioether (sulfide) groups is 1. The molecule has 0 aromatic carbocycles. The molecule has 0 aliphatic heterocycles. The van der Waals surface area contributed by atoms with Crippen LogP contribution in [0.25, 0.3) is 0 Å². The van der Waals surface area contributed by atoms with Gasteiger partial charge in [-0.25, -0.2) is 4.98 Å². The SMILES string of the molecule is COCC(CO)NC(=O)CSCc1csc(C)n1. The van der Waals surface area contributed by atoms with Gasteiger partial charge in [0, 0.05) is 18.2 Å². The van der Waals surface area contributed by atoms with Gasteiger partial charge in [-0.1, -0.05) is 0 Å². The predicted octanol–water partition coefficient (Wildman–Crippen LogP) is 0.808. The summed E-state index contributed by atoms with van der Waals surface area (Å²) in [4.78, 5) is 15.9. The lowest BCUT2D eigenvalue weighted by Crippen LogP contribution is -2.41. The molecule has 2 N–H and O–H groups in total. The molecule has 1 rings (SSSR count). The molecule has 0 saturated heterocycles. The van der Waals surface area contributed by atoms with E-state index in [9.17, 15) is 4.79 Å². The summed E-state index contributed by atoms with van der Waals surface area (Å²) in [5.41, 5.74) is 1.01. The number of carbonyl (C=O) groups is 1. The van der Waals surface area contributed by atoms with E-state index in [0.717, 1.165) is 16.5 Å². The molecule has 0 radical (unpaired) electrons. The van der Waals surface area contributed by atoms with Crippen LogP contribution in [0.1, 0.15) is 10.7 Å². The second-order valence-electron chi connectivity index (χ2n) is 3.75. The van der Waals surface area contributed by atoms with Crippen molar-refractivity contribution in [3.63, 3.8) is 0 Å². The molecule has 5 nitrogen and oxygen atoms in total. The average Bonchev–Trinajstić information content (AvgIpc) is 2.74. The van der Waals surface area contributed by atoms with Gasteiger partial charge in [-0.2, -0.15) is 0 Å². The van der Waals surface area contributed by atoms with Crippen LogP contribution in [0, 0.1) is 6.92 Å². The van der Waals surface area contributed by atoms with Crippen LogP contribution >= 0.6 is 23.1 Å². The van der Waals surface area contributed by atoms with E-state index in [1.54, 1.807) is 11.3 Å². The molecule has 0 fully saturated rings. The first-order valence-electron chi connectivity index (χ1n) is 5.53. The van der Waals surface area contributed by atoms with E-state index >= 15 is 0 Å². The fraction of sp³-hybridized carbons (Fsp3) is 0.636. The molecule has 7 heteroatoms. The fourth-order valence-electron chi connectivity index (χ4n) is 1.33. The summed E-state index contributed by atoms with van der Waals surface area (Å²) in [6.45, 7) is 2.16. The lowest BCUT2D eigenvalue weighted by Gasteiger charge is -2.14. The number of nitrogens with one attached hydrogen (secondary N) is 1. The molecule has 0 spiro atoms. The Morgan fingerprint density at radius 2 is 2.50 bits per heavy atom. The minimum atomic E-state index is -0.329. The van der Waals surface area contributed by atoms with E-state index in [-0.39, 0.29) is 18.6 Å². The van der Waals surface area contributed by atoms with Crippen LogP contribution in [0.5, 0.6) is 0 Å². The van der Waals surface area contributed by atoms with E-state index in [1.165, 1.54) is 18.9 Å². The lowest BCUT2D eigenvalue weighted by molar-refractivity contribution is -0.120. The Morgan fingerprint density at radius 1 is 1.72 bits per heavy atom. The third kappa shape index (κ3) is 5.81. The van der Waals surface area contributed by atoms with E-state index in [4.69, 9.17) is 9.84 Å². The number of aliphatic hydroxyl groups excluding tert-OH is 1. The summed E-state index contributed by atoms with van der Waals surface area (Å²) in [6.07, 6.45) is 0. The molecule has 1 aromatic heterocycles. The number of hydrogen-bond donors (Lipinski definition) is 2. The smallest absolute Gasteiger partial charge is 0.230 e. The molecule has 102 valence electrons. The van der Waals surface area contributed by atoms with Crippen molar-refractivity contribution >= 4 is 29.0 Å². The van der Waals surface area contributed by atoms with E-state index in [2.05, 4.69) is 10.3 Å². The van der Waals surface area contributed by atoms with Crippen molar-refractivity contribution in [2.75, 3.05) is 26.1 Å². The summed E-state index contributed by atoms with van der Waals surface area (Å²) in [5.74, 6) is 0.992. The molecule has 1 atom stereocenters. The molecule has 1 heterocycles. The van der Waals surface area contributed by atoms with Crippen LogP contribution in [-0.2, 0) is 15.3 Å². The standard InChI is InChI=1S/C11H18N2O3S2/c1-8-12-10(6-18-8)5-17-7-11(15)13-9(3-14)4-16-2/h6,9,14H,3-5,7H2,1-2H3,(H,13,15). The van der Waals surface area contributed by atoms with Gasteiger partial charge >= 0.3 is 0 Å². The summed E-state index contributed by atoms with van der Waals surface area (Å²) in [6, 6.07) is -0.329. The highest BCUT2D eigenvalue weighted by molar-refractivity contribution is 7.99. The molecule has 1 amide bonds. The average molecular weight is 290 g/mol. The molecule has 0 aliphatic carbocycles.